The number of furan rings is 2. The van der Waals surface area contributed by atoms with Gasteiger partial charge in [0, 0.05) is 38.1 Å². The van der Waals surface area contributed by atoms with E-state index in [2.05, 4.69) is 107 Å². The fourth-order valence-electron chi connectivity index (χ4n) is 7.02. The number of hydrogen-bond donors (Lipinski definition) is 1. The first-order valence-corrected chi connectivity index (χ1v) is 14.5. The highest BCUT2D eigenvalue weighted by Crippen LogP contribution is 2.48. The number of nitrogens with one attached hydrogen (secondary N) is 1. The van der Waals surface area contributed by atoms with E-state index in [0.29, 0.717) is 0 Å². The summed E-state index contributed by atoms with van der Waals surface area (Å²) in [4.78, 5) is 5.39. The minimum Gasteiger partial charge on any atom is -0.452 e. The van der Waals surface area contributed by atoms with Gasteiger partial charge in [-0.15, -0.1) is 0 Å². The van der Waals surface area contributed by atoms with Crippen molar-refractivity contribution in [2.24, 2.45) is 4.99 Å². The van der Waals surface area contributed by atoms with Crippen LogP contribution in [0.15, 0.2) is 147 Å². The summed E-state index contributed by atoms with van der Waals surface area (Å²) in [6, 6.07) is 35.5. The van der Waals surface area contributed by atoms with Crippen LogP contribution in [-0.2, 0) is 0 Å². The second-order valence-corrected chi connectivity index (χ2v) is 11.2. The fraction of sp³-hybridized carbons (Fsp3) is 0.0263. The van der Waals surface area contributed by atoms with Crippen molar-refractivity contribution in [1.29, 1.82) is 0 Å². The molecule has 0 amide bonds. The topological polar surface area (TPSA) is 55.6 Å². The van der Waals surface area contributed by atoms with Crippen molar-refractivity contribution in [1.82, 2.24) is 9.88 Å². The monoisotopic (exact) mass is 553 g/mol. The van der Waals surface area contributed by atoms with E-state index in [0.717, 1.165) is 88.5 Å². The molecule has 1 unspecified atom stereocenters. The van der Waals surface area contributed by atoms with Crippen LogP contribution in [0.4, 0.5) is 0 Å². The molecule has 1 aliphatic carbocycles. The predicted octanol–water partition coefficient (Wildman–Crippen LogP) is 9.31. The summed E-state index contributed by atoms with van der Waals surface area (Å²) in [5.74, 6) is 0.775. The smallest absolute Gasteiger partial charge is 0.209 e. The average Bonchev–Trinajstić information content (AvgIpc) is 3.74. The van der Waals surface area contributed by atoms with Crippen molar-refractivity contribution in [3.8, 4) is 0 Å². The Labute approximate surface area is 245 Å². The van der Waals surface area contributed by atoms with Crippen LogP contribution >= 0.6 is 0 Å². The predicted molar refractivity (Wildman–Crippen MR) is 175 cm³/mol. The van der Waals surface area contributed by atoms with Gasteiger partial charge in [-0.25, -0.2) is 4.99 Å². The van der Waals surface area contributed by atoms with Crippen LogP contribution in [0.3, 0.4) is 0 Å². The molecule has 4 heterocycles. The Hall–Kier alpha value is -5.81. The van der Waals surface area contributed by atoms with Gasteiger partial charge in [-0.05, 0) is 18.2 Å². The van der Waals surface area contributed by atoms with E-state index < -0.39 is 0 Å². The molecule has 10 rings (SSSR count). The van der Waals surface area contributed by atoms with Gasteiger partial charge >= 0.3 is 0 Å². The number of aliphatic imine (C=N–C) groups is 1. The lowest BCUT2D eigenvalue weighted by molar-refractivity contribution is 0.633. The highest BCUT2D eigenvalue weighted by molar-refractivity contribution is 6.39. The largest absolute Gasteiger partial charge is 0.452 e. The summed E-state index contributed by atoms with van der Waals surface area (Å²) >= 11 is 0. The van der Waals surface area contributed by atoms with Crippen molar-refractivity contribution >= 4 is 77.3 Å². The van der Waals surface area contributed by atoms with Gasteiger partial charge < -0.3 is 14.2 Å². The minimum absolute atomic E-state index is 0.0148. The number of fused-ring (bicyclic) bond motifs is 13. The van der Waals surface area contributed by atoms with E-state index in [9.17, 15) is 0 Å². The molecule has 5 heteroatoms. The first-order valence-electron chi connectivity index (χ1n) is 14.5. The SMILES string of the molecule is C1=CC2=C(c3ccccc3)N=C(n3c4ccccc4c4c5c6ccccc6oc5c5oc6ccccc6c5c43)NC2C=C1. The molecule has 1 N–H and O–H groups in total. The van der Waals surface area contributed by atoms with E-state index in [4.69, 9.17) is 13.8 Å². The van der Waals surface area contributed by atoms with E-state index in [-0.39, 0.29) is 6.04 Å². The van der Waals surface area contributed by atoms with E-state index >= 15 is 0 Å². The molecule has 3 aromatic heterocycles. The van der Waals surface area contributed by atoms with Gasteiger partial charge in [0.15, 0.2) is 11.2 Å². The molecule has 0 saturated carbocycles. The van der Waals surface area contributed by atoms with Gasteiger partial charge in [-0.2, -0.15) is 0 Å². The third kappa shape index (κ3) is 3.03. The Morgan fingerprint density at radius 2 is 1.28 bits per heavy atom. The maximum absolute atomic E-state index is 6.62. The molecule has 202 valence electrons. The molecular weight excluding hydrogens is 530 g/mol. The zero-order chi connectivity index (χ0) is 28.1. The van der Waals surface area contributed by atoms with Gasteiger partial charge in [-0.1, -0.05) is 109 Å². The maximum Gasteiger partial charge on any atom is 0.209 e. The Morgan fingerprint density at radius 3 is 2.07 bits per heavy atom. The first-order chi connectivity index (χ1) is 21.3. The van der Waals surface area contributed by atoms with Gasteiger partial charge in [0.2, 0.25) is 5.96 Å². The Kier molecular flexibility index (Phi) is 4.44. The molecule has 2 aliphatic rings. The molecular formula is C38H23N3O2. The van der Waals surface area contributed by atoms with Crippen LogP contribution in [0.1, 0.15) is 5.56 Å². The van der Waals surface area contributed by atoms with Crippen LogP contribution in [-0.4, -0.2) is 16.6 Å². The summed E-state index contributed by atoms with van der Waals surface area (Å²) in [6.45, 7) is 0. The molecule has 5 aromatic carbocycles. The fourth-order valence-corrected chi connectivity index (χ4v) is 7.02. The lowest BCUT2D eigenvalue weighted by Gasteiger charge is -2.28. The summed E-state index contributed by atoms with van der Waals surface area (Å²) < 4.78 is 15.5. The number of rotatable bonds is 1. The van der Waals surface area contributed by atoms with Crippen molar-refractivity contribution in [2.45, 2.75) is 6.04 Å². The lowest BCUT2D eigenvalue weighted by Crippen LogP contribution is -2.42. The van der Waals surface area contributed by atoms with Crippen molar-refractivity contribution in [2.75, 3.05) is 0 Å². The molecule has 8 aromatic rings. The Bertz CT molecular complexity index is 2590. The van der Waals surface area contributed by atoms with E-state index in [1.165, 1.54) is 0 Å². The molecule has 5 nitrogen and oxygen atoms in total. The number of benzene rings is 5. The maximum atomic E-state index is 6.62. The first kappa shape index (κ1) is 22.8. The summed E-state index contributed by atoms with van der Waals surface area (Å²) in [6.07, 6.45) is 8.54. The quantitative estimate of drug-likeness (QED) is 0.220. The Balaban J connectivity index is 1.44. The number of allylic oxidation sites excluding steroid dienone is 2. The zero-order valence-corrected chi connectivity index (χ0v) is 22.9. The molecule has 43 heavy (non-hydrogen) atoms. The summed E-state index contributed by atoms with van der Waals surface area (Å²) in [5.41, 5.74) is 8.52. The zero-order valence-electron chi connectivity index (χ0n) is 22.9. The highest BCUT2D eigenvalue weighted by atomic mass is 16.4. The normalized spacial score (nSPS) is 16.7. The molecule has 1 atom stereocenters. The van der Waals surface area contributed by atoms with Crippen LogP contribution in [0.5, 0.6) is 0 Å². The summed E-state index contributed by atoms with van der Waals surface area (Å²) in [5, 5.41) is 10.3. The molecule has 0 radical (unpaired) electrons. The second-order valence-electron chi connectivity index (χ2n) is 11.2. The van der Waals surface area contributed by atoms with Crippen molar-refractivity contribution in [3.63, 3.8) is 0 Å². The van der Waals surface area contributed by atoms with Crippen LogP contribution < -0.4 is 5.32 Å². The minimum atomic E-state index is -0.0148. The summed E-state index contributed by atoms with van der Waals surface area (Å²) in [7, 11) is 0. The van der Waals surface area contributed by atoms with Crippen LogP contribution in [0.2, 0.25) is 0 Å². The van der Waals surface area contributed by atoms with Gasteiger partial charge in [0.1, 0.15) is 11.2 Å². The highest BCUT2D eigenvalue weighted by Gasteiger charge is 2.30. The van der Waals surface area contributed by atoms with E-state index in [1.807, 2.05) is 30.3 Å². The number of hydrogen-bond acceptors (Lipinski definition) is 4. The van der Waals surface area contributed by atoms with Crippen molar-refractivity contribution < 1.29 is 8.83 Å². The number of para-hydroxylation sites is 3. The molecule has 0 bridgehead atoms. The lowest BCUT2D eigenvalue weighted by atomic mass is 9.95. The number of nitrogens with zero attached hydrogens (tertiary/aromatic N) is 2. The molecule has 1 aliphatic heterocycles. The van der Waals surface area contributed by atoms with Crippen LogP contribution in [0, 0.1) is 0 Å². The van der Waals surface area contributed by atoms with Crippen molar-refractivity contribution in [3.05, 3.63) is 139 Å². The standard InChI is InChI=1S/C38H23N3O2/c1-2-12-22(13-3-1)34-23-14-4-8-18-27(23)39-38(40-34)41-28-19-9-5-15-24(28)31-32-25-16-6-10-20-29(25)42-36(32)37-33(35(31)41)26-17-7-11-21-30(26)43-37/h1-21,27H,(H,39,40). The average molecular weight is 554 g/mol. The second kappa shape index (κ2) is 8.37. The molecule has 0 spiro atoms. The van der Waals surface area contributed by atoms with Gasteiger partial charge in [-0.3, -0.25) is 4.57 Å². The van der Waals surface area contributed by atoms with E-state index in [1.54, 1.807) is 0 Å². The third-order valence-electron chi connectivity index (χ3n) is 8.82. The van der Waals surface area contributed by atoms with Crippen LogP contribution in [0.25, 0.3) is 71.4 Å². The molecule has 0 saturated heterocycles. The Morgan fingerprint density at radius 1 is 0.628 bits per heavy atom. The van der Waals surface area contributed by atoms with Gasteiger partial charge in [0.25, 0.3) is 0 Å². The van der Waals surface area contributed by atoms with Gasteiger partial charge in [0.05, 0.1) is 28.2 Å². The molecule has 0 fully saturated rings. The third-order valence-corrected chi connectivity index (χ3v) is 8.82. The number of aromatic nitrogens is 1.